The third-order valence-electron chi connectivity index (χ3n) is 2.90. The van der Waals surface area contributed by atoms with Crippen molar-refractivity contribution in [2.45, 2.75) is 20.4 Å². The molecule has 0 fully saturated rings. The summed E-state index contributed by atoms with van der Waals surface area (Å²) in [5.74, 6) is -0.180. The zero-order valence-electron chi connectivity index (χ0n) is 11.3. The van der Waals surface area contributed by atoms with Crippen molar-refractivity contribution in [1.82, 2.24) is 19.6 Å². The number of aromatic nitrogens is 4. The molecule has 0 aliphatic heterocycles. The molecule has 19 heavy (non-hydrogen) atoms. The molecule has 0 saturated carbocycles. The summed E-state index contributed by atoms with van der Waals surface area (Å²) in [7, 11) is 1.83. The average molecular weight is 259 g/mol. The molecule has 1 N–H and O–H groups in total. The van der Waals surface area contributed by atoms with Gasteiger partial charge in [0.2, 0.25) is 5.91 Å². The number of rotatable bonds is 4. The molecular weight excluding hydrogens is 242 g/mol. The van der Waals surface area contributed by atoms with Gasteiger partial charge in [-0.1, -0.05) is 0 Å². The van der Waals surface area contributed by atoms with Gasteiger partial charge in [-0.05, 0) is 19.9 Å². The molecule has 0 aromatic carbocycles. The zero-order valence-corrected chi connectivity index (χ0v) is 11.3. The van der Waals surface area contributed by atoms with E-state index in [-0.39, 0.29) is 5.91 Å². The molecule has 0 unspecified atom stereocenters. The number of hydrogen-bond acceptors (Lipinski definition) is 3. The Kier molecular flexibility index (Phi) is 3.79. The number of carbonyl (C=O) groups excluding carboxylic acids is 1. The van der Waals surface area contributed by atoms with E-state index < -0.39 is 0 Å². The van der Waals surface area contributed by atoms with Crippen LogP contribution in [-0.4, -0.2) is 25.5 Å². The summed E-state index contributed by atoms with van der Waals surface area (Å²) >= 11 is 0. The summed E-state index contributed by atoms with van der Waals surface area (Å²) in [4.78, 5) is 11.8. The summed E-state index contributed by atoms with van der Waals surface area (Å²) in [5.41, 5.74) is 2.54. The van der Waals surface area contributed by atoms with E-state index in [1.54, 1.807) is 23.2 Å². The second-order valence-corrected chi connectivity index (χ2v) is 4.22. The van der Waals surface area contributed by atoms with Crippen molar-refractivity contribution in [2.75, 3.05) is 5.32 Å². The van der Waals surface area contributed by atoms with Crippen molar-refractivity contribution < 1.29 is 4.79 Å². The number of aryl methyl sites for hydroxylation is 2. The highest BCUT2D eigenvalue weighted by molar-refractivity contribution is 6.02. The average Bonchev–Trinajstić information content (AvgIpc) is 2.98. The fraction of sp³-hybridized carbons (Fsp3) is 0.308. The highest BCUT2D eigenvalue weighted by Crippen LogP contribution is 2.12. The molecule has 6 heteroatoms. The second-order valence-electron chi connectivity index (χ2n) is 4.22. The van der Waals surface area contributed by atoms with Crippen molar-refractivity contribution in [3.8, 4) is 0 Å². The van der Waals surface area contributed by atoms with E-state index in [0.717, 1.165) is 23.5 Å². The van der Waals surface area contributed by atoms with Crippen molar-refractivity contribution in [2.24, 2.45) is 7.05 Å². The highest BCUT2D eigenvalue weighted by Gasteiger charge is 2.05. The Balaban J connectivity index is 1.99. The van der Waals surface area contributed by atoms with Crippen LogP contribution in [-0.2, 0) is 18.4 Å². The molecule has 0 saturated heterocycles. The minimum atomic E-state index is -0.180. The van der Waals surface area contributed by atoms with Gasteiger partial charge >= 0.3 is 0 Å². The molecule has 0 bridgehead atoms. The monoisotopic (exact) mass is 259 g/mol. The van der Waals surface area contributed by atoms with Crippen molar-refractivity contribution >= 4 is 17.7 Å². The molecular formula is C13H17N5O. The summed E-state index contributed by atoms with van der Waals surface area (Å²) in [5, 5.41) is 11.0. The van der Waals surface area contributed by atoms with Gasteiger partial charge < -0.3 is 5.32 Å². The minimum absolute atomic E-state index is 0.180. The van der Waals surface area contributed by atoms with Gasteiger partial charge in [0.15, 0.2) is 0 Å². The largest absolute Gasteiger partial charge is 0.320 e. The van der Waals surface area contributed by atoms with Crippen LogP contribution < -0.4 is 5.32 Å². The first-order valence-electron chi connectivity index (χ1n) is 6.10. The maximum Gasteiger partial charge on any atom is 0.248 e. The van der Waals surface area contributed by atoms with Crippen molar-refractivity contribution in [3.05, 3.63) is 35.9 Å². The lowest BCUT2D eigenvalue weighted by Gasteiger charge is -2.00. The fourth-order valence-electron chi connectivity index (χ4n) is 1.61. The molecule has 2 rings (SSSR count). The van der Waals surface area contributed by atoms with Gasteiger partial charge in [-0.2, -0.15) is 10.2 Å². The maximum atomic E-state index is 11.8. The first-order chi connectivity index (χ1) is 9.10. The first-order valence-corrected chi connectivity index (χ1v) is 6.10. The van der Waals surface area contributed by atoms with Crippen LogP contribution in [0.4, 0.5) is 5.69 Å². The Labute approximate surface area is 111 Å². The number of anilines is 1. The van der Waals surface area contributed by atoms with Crippen LogP contribution in [0.1, 0.15) is 18.2 Å². The minimum Gasteiger partial charge on any atom is -0.320 e. The van der Waals surface area contributed by atoms with Crippen LogP contribution in [0.3, 0.4) is 0 Å². The number of hydrogen-bond donors (Lipinski definition) is 1. The standard InChI is InChI=1S/C13H17N5O/c1-4-18-9-11(7-15-18)5-6-13(19)16-12-8-14-17(3)10(12)2/h5-9H,4H2,1-3H3,(H,16,19)/b6-5+. The summed E-state index contributed by atoms with van der Waals surface area (Å²) in [6.07, 6.45) is 8.47. The molecule has 0 aliphatic carbocycles. The molecule has 0 atom stereocenters. The fourth-order valence-corrected chi connectivity index (χ4v) is 1.61. The highest BCUT2D eigenvalue weighted by atomic mass is 16.1. The Morgan fingerprint density at radius 3 is 2.79 bits per heavy atom. The SMILES string of the molecule is CCn1cc(/C=C/C(=O)Nc2cnn(C)c2C)cn1. The predicted octanol–water partition coefficient (Wildman–Crippen LogP) is 1.60. The summed E-state index contributed by atoms with van der Waals surface area (Å²) < 4.78 is 3.52. The number of carbonyl (C=O) groups is 1. The molecule has 2 heterocycles. The Morgan fingerprint density at radius 2 is 2.21 bits per heavy atom. The molecule has 2 aromatic heterocycles. The van der Waals surface area contributed by atoms with E-state index in [2.05, 4.69) is 15.5 Å². The van der Waals surface area contributed by atoms with Crippen LogP contribution >= 0.6 is 0 Å². The van der Waals surface area contributed by atoms with E-state index in [1.165, 1.54) is 6.08 Å². The van der Waals surface area contributed by atoms with Gasteiger partial charge in [0.25, 0.3) is 0 Å². The van der Waals surface area contributed by atoms with Gasteiger partial charge in [0, 0.05) is 31.4 Å². The van der Waals surface area contributed by atoms with E-state index in [4.69, 9.17) is 0 Å². The zero-order chi connectivity index (χ0) is 13.8. The molecule has 100 valence electrons. The molecule has 0 aliphatic rings. The lowest BCUT2D eigenvalue weighted by Crippen LogP contribution is -2.08. The maximum absolute atomic E-state index is 11.8. The second kappa shape index (κ2) is 5.51. The van der Waals surface area contributed by atoms with Gasteiger partial charge in [0.1, 0.15) is 0 Å². The van der Waals surface area contributed by atoms with Crippen molar-refractivity contribution in [3.63, 3.8) is 0 Å². The smallest absolute Gasteiger partial charge is 0.248 e. The first kappa shape index (κ1) is 13.1. The lowest BCUT2D eigenvalue weighted by atomic mass is 10.3. The quantitative estimate of drug-likeness (QED) is 0.848. The number of nitrogens with one attached hydrogen (secondary N) is 1. The summed E-state index contributed by atoms with van der Waals surface area (Å²) in [6, 6.07) is 0. The molecule has 0 radical (unpaired) electrons. The van der Waals surface area contributed by atoms with Crippen molar-refractivity contribution in [1.29, 1.82) is 0 Å². The Bertz CT molecular complexity index is 608. The van der Waals surface area contributed by atoms with E-state index >= 15 is 0 Å². The Morgan fingerprint density at radius 1 is 1.42 bits per heavy atom. The third kappa shape index (κ3) is 3.09. The van der Waals surface area contributed by atoms with Crippen LogP contribution in [0.25, 0.3) is 6.08 Å². The van der Waals surface area contributed by atoms with Gasteiger partial charge in [0.05, 0.1) is 23.8 Å². The molecule has 0 spiro atoms. The molecule has 6 nitrogen and oxygen atoms in total. The van der Waals surface area contributed by atoms with Gasteiger partial charge in [-0.3, -0.25) is 14.2 Å². The van der Waals surface area contributed by atoms with Gasteiger partial charge in [-0.25, -0.2) is 0 Å². The van der Waals surface area contributed by atoms with E-state index in [0.29, 0.717) is 0 Å². The normalized spacial score (nSPS) is 11.1. The Hall–Kier alpha value is -2.37. The predicted molar refractivity (Wildman–Crippen MR) is 73.5 cm³/mol. The third-order valence-corrected chi connectivity index (χ3v) is 2.90. The van der Waals surface area contributed by atoms with Crippen LogP contribution in [0.15, 0.2) is 24.7 Å². The molecule has 2 aromatic rings. The van der Waals surface area contributed by atoms with Gasteiger partial charge in [-0.15, -0.1) is 0 Å². The van der Waals surface area contributed by atoms with E-state index in [9.17, 15) is 4.79 Å². The lowest BCUT2D eigenvalue weighted by molar-refractivity contribution is -0.111. The van der Waals surface area contributed by atoms with Crippen LogP contribution in [0.2, 0.25) is 0 Å². The van der Waals surface area contributed by atoms with Crippen LogP contribution in [0, 0.1) is 6.92 Å². The number of nitrogens with zero attached hydrogens (tertiary/aromatic N) is 4. The summed E-state index contributed by atoms with van der Waals surface area (Å²) in [6.45, 7) is 4.73. The van der Waals surface area contributed by atoms with Crippen LogP contribution in [0.5, 0.6) is 0 Å². The molecule has 1 amide bonds. The van der Waals surface area contributed by atoms with E-state index in [1.807, 2.05) is 31.8 Å². The topological polar surface area (TPSA) is 64.7 Å². The number of amides is 1.